The standard InChI is InChI=1S/C17H27/c1-3-5-7-11-16(10-4-2)14-15-17-12-8-6-9-13-17/h6,8-9,12-14,16H,3-5,7,10-11,15H2,1-2H3. The molecule has 0 N–H and O–H groups in total. The Kier molecular flexibility index (Phi) is 7.79. The number of rotatable bonds is 9. The third kappa shape index (κ3) is 6.51. The summed E-state index contributed by atoms with van der Waals surface area (Å²) in [5, 5.41) is 0. The Morgan fingerprint density at radius 1 is 0.941 bits per heavy atom. The van der Waals surface area contributed by atoms with E-state index in [1.54, 1.807) is 0 Å². The SMILES string of the molecule is CCCCCC([CH]Cc1ccccc1)CCC. The van der Waals surface area contributed by atoms with Crippen LogP contribution in [0.5, 0.6) is 0 Å². The van der Waals surface area contributed by atoms with Gasteiger partial charge >= 0.3 is 0 Å². The average molecular weight is 231 g/mol. The molecule has 1 radical (unpaired) electrons. The van der Waals surface area contributed by atoms with Crippen molar-refractivity contribution in [2.24, 2.45) is 5.92 Å². The van der Waals surface area contributed by atoms with E-state index in [9.17, 15) is 0 Å². The fourth-order valence-corrected chi connectivity index (χ4v) is 2.32. The topological polar surface area (TPSA) is 0 Å². The Morgan fingerprint density at radius 2 is 1.71 bits per heavy atom. The molecule has 1 aromatic rings. The van der Waals surface area contributed by atoms with Gasteiger partial charge in [-0.3, -0.25) is 0 Å². The summed E-state index contributed by atoms with van der Waals surface area (Å²) in [6.07, 6.45) is 11.8. The molecule has 95 valence electrons. The lowest BCUT2D eigenvalue weighted by atomic mass is 9.90. The van der Waals surface area contributed by atoms with Crippen molar-refractivity contribution in [3.05, 3.63) is 42.3 Å². The summed E-state index contributed by atoms with van der Waals surface area (Å²) in [5.74, 6) is 0.826. The third-order valence-electron chi connectivity index (χ3n) is 3.37. The van der Waals surface area contributed by atoms with E-state index in [4.69, 9.17) is 0 Å². The molecule has 1 rings (SSSR count). The molecule has 0 aliphatic heterocycles. The molecule has 1 unspecified atom stereocenters. The maximum atomic E-state index is 2.54. The van der Waals surface area contributed by atoms with Gasteiger partial charge in [0.15, 0.2) is 0 Å². The van der Waals surface area contributed by atoms with Gasteiger partial charge < -0.3 is 0 Å². The van der Waals surface area contributed by atoms with Crippen LogP contribution in [0.4, 0.5) is 0 Å². The predicted octanol–water partition coefficient (Wildman–Crippen LogP) is 5.43. The minimum absolute atomic E-state index is 0.826. The zero-order valence-electron chi connectivity index (χ0n) is 11.5. The minimum Gasteiger partial charge on any atom is -0.0654 e. The van der Waals surface area contributed by atoms with Crippen LogP contribution in [0.2, 0.25) is 0 Å². The first-order valence-corrected chi connectivity index (χ1v) is 7.24. The molecule has 0 amide bonds. The van der Waals surface area contributed by atoms with Crippen LogP contribution in [-0.4, -0.2) is 0 Å². The molecule has 0 fully saturated rings. The number of unbranched alkanes of at least 4 members (excludes halogenated alkanes) is 2. The van der Waals surface area contributed by atoms with Crippen LogP contribution < -0.4 is 0 Å². The van der Waals surface area contributed by atoms with Crippen LogP contribution in [0.25, 0.3) is 0 Å². The molecule has 1 aromatic carbocycles. The maximum Gasteiger partial charge on any atom is -0.0245 e. The molecule has 0 saturated heterocycles. The van der Waals surface area contributed by atoms with E-state index in [0.717, 1.165) is 12.3 Å². The first kappa shape index (κ1) is 14.3. The summed E-state index contributed by atoms with van der Waals surface area (Å²) in [4.78, 5) is 0. The van der Waals surface area contributed by atoms with Crippen LogP contribution in [0.15, 0.2) is 30.3 Å². The molecule has 0 saturated carbocycles. The first-order valence-electron chi connectivity index (χ1n) is 7.24. The molecule has 0 heterocycles. The normalized spacial score (nSPS) is 12.6. The molecule has 0 spiro atoms. The largest absolute Gasteiger partial charge is 0.0654 e. The number of benzene rings is 1. The number of hydrogen-bond donors (Lipinski definition) is 0. The monoisotopic (exact) mass is 231 g/mol. The van der Waals surface area contributed by atoms with Gasteiger partial charge in [0, 0.05) is 0 Å². The zero-order chi connectivity index (χ0) is 12.3. The summed E-state index contributed by atoms with van der Waals surface area (Å²) in [7, 11) is 0. The first-order chi connectivity index (χ1) is 8.36. The van der Waals surface area contributed by atoms with E-state index in [1.165, 1.54) is 44.1 Å². The molecule has 0 heteroatoms. The van der Waals surface area contributed by atoms with Crippen LogP contribution in [0.1, 0.15) is 57.9 Å². The van der Waals surface area contributed by atoms with Crippen LogP contribution in [-0.2, 0) is 6.42 Å². The second-order valence-corrected chi connectivity index (χ2v) is 4.97. The third-order valence-corrected chi connectivity index (χ3v) is 3.37. The quantitative estimate of drug-likeness (QED) is 0.497. The smallest absolute Gasteiger partial charge is 0.0245 e. The van der Waals surface area contributed by atoms with E-state index in [2.05, 4.69) is 50.6 Å². The van der Waals surface area contributed by atoms with E-state index in [1.807, 2.05) is 0 Å². The zero-order valence-corrected chi connectivity index (χ0v) is 11.5. The second-order valence-electron chi connectivity index (χ2n) is 4.97. The van der Waals surface area contributed by atoms with Crippen molar-refractivity contribution in [1.82, 2.24) is 0 Å². The molecule has 0 aliphatic carbocycles. The Hall–Kier alpha value is -0.780. The fraction of sp³-hybridized carbons (Fsp3) is 0.588. The van der Waals surface area contributed by atoms with Crippen LogP contribution >= 0.6 is 0 Å². The van der Waals surface area contributed by atoms with Gasteiger partial charge in [0.2, 0.25) is 0 Å². The van der Waals surface area contributed by atoms with Crippen molar-refractivity contribution in [2.45, 2.75) is 58.8 Å². The summed E-state index contributed by atoms with van der Waals surface area (Å²) >= 11 is 0. The summed E-state index contributed by atoms with van der Waals surface area (Å²) in [6.45, 7) is 4.58. The molecular weight excluding hydrogens is 204 g/mol. The van der Waals surface area contributed by atoms with Crippen molar-refractivity contribution in [1.29, 1.82) is 0 Å². The molecule has 0 bridgehead atoms. The van der Waals surface area contributed by atoms with Gasteiger partial charge in [0.05, 0.1) is 0 Å². The maximum absolute atomic E-state index is 2.54. The fourth-order valence-electron chi connectivity index (χ4n) is 2.32. The van der Waals surface area contributed by atoms with Gasteiger partial charge in [-0.1, -0.05) is 82.7 Å². The lowest BCUT2D eigenvalue weighted by Gasteiger charge is -2.15. The van der Waals surface area contributed by atoms with Crippen molar-refractivity contribution in [3.63, 3.8) is 0 Å². The lowest BCUT2D eigenvalue weighted by Crippen LogP contribution is -2.03. The second kappa shape index (κ2) is 9.27. The Bertz CT molecular complexity index is 263. The van der Waals surface area contributed by atoms with Gasteiger partial charge in [0.25, 0.3) is 0 Å². The number of hydrogen-bond acceptors (Lipinski definition) is 0. The van der Waals surface area contributed by atoms with E-state index in [-0.39, 0.29) is 0 Å². The summed E-state index contributed by atoms with van der Waals surface area (Å²) in [6, 6.07) is 10.8. The molecular formula is C17H27. The van der Waals surface area contributed by atoms with Crippen LogP contribution in [0.3, 0.4) is 0 Å². The molecule has 0 aromatic heterocycles. The van der Waals surface area contributed by atoms with Gasteiger partial charge in [-0.2, -0.15) is 0 Å². The average Bonchev–Trinajstić information content (AvgIpc) is 2.37. The Labute approximate surface area is 107 Å². The molecule has 0 aliphatic rings. The van der Waals surface area contributed by atoms with Gasteiger partial charge in [-0.25, -0.2) is 0 Å². The minimum atomic E-state index is 0.826. The molecule has 17 heavy (non-hydrogen) atoms. The van der Waals surface area contributed by atoms with E-state index >= 15 is 0 Å². The van der Waals surface area contributed by atoms with Crippen LogP contribution in [0, 0.1) is 12.3 Å². The van der Waals surface area contributed by atoms with Crippen molar-refractivity contribution in [3.8, 4) is 0 Å². The van der Waals surface area contributed by atoms with E-state index in [0.29, 0.717) is 0 Å². The Morgan fingerprint density at radius 3 is 2.35 bits per heavy atom. The van der Waals surface area contributed by atoms with Crippen molar-refractivity contribution >= 4 is 0 Å². The lowest BCUT2D eigenvalue weighted by molar-refractivity contribution is 0.468. The van der Waals surface area contributed by atoms with Crippen molar-refractivity contribution < 1.29 is 0 Å². The van der Waals surface area contributed by atoms with Gasteiger partial charge in [-0.15, -0.1) is 0 Å². The highest BCUT2D eigenvalue weighted by molar-refractivity contribution is 5.16. The van der Waals surface area contributed by atoms with Crippen molar-refractivity contribution in [2.75, 3.05) is 0 Å². The van der Waals surface area contributed by atoms with Gasteiger partial charge in [0.1, 0.15) is 0 Å². The predicted molar refractivity (Wildman–Crippen MR) is 77.0 cm³/mol. The molecule has 0 nitrogen and oxygen atoms in total. The highest BCUT2D eigenvalue weighted by Crippen LogP contribution is 2.20. The highest BCUT2D eigenvalue weighted by atomic mass is 14.1. The highest BCUT2D eigenvalue weighted by Gasteiger charge is 2.07. The molecule has 1 atom stereocenters. The summed E-state index contributed by atoms with van der Waals surface area (Å²) < 4.78 is 0. The summed E-state index contributed by atoms with van der Waals surface area (Å²) in [5.41, 5.74) is 1.45. The van der Waals surface area contributed by atoms with Gasteiger partial charge in [-0.05, 0) is 24.3 Å². The van der Waals surface area contributed by atoms with E-state index < -0.39 is 0 Å². The Balaban J connectivity index is 2.28.